The predicted octanol–water partition coefficient (Wildman–Crippen LogP) is 4.03. The molecular weight excluding hydrogens is 495 g/mol. The maximum Gasteiger partial charge on any atom is 0.414 e. The summed E-state index contributed by atoms with van der Waals surface area (Å²) in [5.41, 5.74) is 0. The van der Waals surface area contributed by atoms with Crippen molar-refractivity contribution in [2.24, 2.45) is 0 Å². The van der Waals surface area contributed by atoms with E-state index >= 15 is 0 Å². The van der Waals surface area contributed by atoms with Gasteiger partial charge >= 0.3 is 12.4 Å². The molecule has 0 saturated carbocycles. The van der Waals surface area contributed by atoms with Gasteiger partial charge in [0, 0.05) is 32.3 Å². The standard InChI is InChI=1S/C8H12.2C5H9F3O2.Ru/c1-2-4-6-8-7-5-3-1;2*1-3(9)2-4(10)5(6,7)8;/h1-2,7-8H,3-6H2;2*3-4,9-10H,2H2,1H3;/b2-1-,8-7-;;;. The van der Waals surface area contributed by atoms with Gasteiger partial charge in [-0.15, -0.1) is 0 Å². The molecule has 0 fully saturated rings. The van der Waals surface area contributed by atoms with Crippen LogP contribution in [0.1, 0.15) is 52.4 Å². The van der Waals surface area contributed by atoms with Crippen molar-refractivity contribution in [3.63, 3.8) is 0 Å². The fourth-order valence-corrected chi connectivity index (χ4v) is 1.77. The largest absolute Gasteiger partial charge is 0.414 e. The molecule has 4 N–H and O–H groups in total. The summed E-state index contributed by atoms with van der Waals surface area (Å²) in [6.45, 7) is 2.38. The van der Waals surface area contributed by atoms with E-state index < -0.39 is 49.6 Å². The quantitative estimate of drug-likeness (QED) is 0.254. The summed E-state index contributed by atoms with van der Waals surface area (Å²) < 4.78 is 68.7. The molecule has 0 aromatic carbocycles. The molecule has 0 saturated heterocycles. The Labute approximate surface area is 180 Å². The van der Waals surface area contributed by atoms with Gasteiger partial charge in [0.05, 0.1) is 12.2 Å². The zero-order chi connectivity index (χ0) is 22.4. The molecule has 0 aliphatic heterocycles. The van der Waals surface area contributed by atoms with Crippen LogP contribution in [0.4, 0.5) is 26.3 Å². The zero-order valence-corrected chi connectivity index (χ0v) is 18.0. The Kier molecular flexibility index (Phi) is 19.7. The van der Waals surface area contributed by atoms with E-state index in [-0.39, 0.29) is 19.5 Å². The van der Waals surface area contributed by atoms with Gasteiger partial charge in [0.1, 0.15) is 0 Å². The van der Waals surface area contributed by atoms with E-state index in [0.29, 0.717) is 0 Å². The van der Waals surface area contributed by atoms with Crippen molar-refractivity contribution < 1.29 is 66.2 Å². The minimum Gasteiger partial charge on any atom is -0.393 e. The predicted molar refractivity (Wildman–Crippen MR) is 93.5 cm³/mol. The van der Waals surface area contributed by atoms with Crippen molar-refractivity contribution in [3.05, 3.63) is 24.3 Å². The third-order valence-corrected chi connectivity index (χ3v) is 3.22. The molecule has 0 aromatic heterocycles. The maximum atomic E-state index is 11.4. The first-order valence-corrected chi connectivity index (χ1v) is 8.83. The van der Waals surface area contributed by atoms with Crippen molar-refractivity contribution >= 4 is 0 Å². The number of aliphatic hydroxyl groups is 4. The van der Waals surface area contributed by atoms with Gasteiger partial charge in [-0.1, -0.05) is 24.3 Å². The van der Waals surface area contributed by atoms with Gasteiger partial charge in [-0.05, 0) is 39.5 Å². The molecule has 0 radical (unpaired) electrons. The molecule has 4 atom stereocenters. The number of rotatable bonds is 4. The number of alkyl halides is 6. The second-order valence-electron chi connectivity index (χ2n) is 6.38. The van der Waals surface area contributed by atoms with Gasteiger partial charge < -0.3 is 20.4 Å². The molecule has 4 unspecified atom stereocenters. The molecule has 0 spiro atoms. The van der Waals surface area contributed by atoms with Gasteiger partial charge in [0.2, 0.25) is 0 Å². The van der Waals surface area contributed by atoms with E-state index in [1.807, 2.05) is 0 Å². The van der Waals surface area contributed by atoms with Crippen molar-refractivity contribution in [3.8, 4) is 0 Å². The van der Waals surface area contributed by atoms with Gasteiger partial charge in [0.15, 0.2) is 12.2 Å². The van der Waals surface area contributed by atoms with Crippen molar-refractivity contribution in [2.45, 2.75) is 89.1 Å². The molecular formula is C18H30F6O4Ru. The van der Waals surface area contributed by atoms with Crippen LogP contribution in [-0.4, -0.2) is 57.2 Å². The SMILES string of the molecule is C1=C\CC/C=C\CC/1.CC(O)CC(O)C(F)(F)F.CC(O)CC(O)C(F)(F)F.[Ru]. The summed E-state index contributed by atoms with van der Waals surface area (Å²) in [6.07, 6.45) is -3.63. The van der Waals surface area contributed by atoms with E-state index in [0.717, 1.165) is 0 Å². The smallest absolute Gasteiger partial charge is 0.393 e. The molecule has 1 aliphatic carbocycles. The Morgan fingerprint density at radius 1 is 0.621 bits per heavy atom. The maximum absolute atomic E-state index is 11.4. The van der Waals surface area contributed by atoms with Crippen LogP contribution in [0.25, 0.3) is 0 Å². The van der Waals surface area contributed by atoms with Gasteiger partial charge in [0.25, 0.3) is 0 Å². The first-order chi connectivity index (χ1) is 12.7. The normalized spacial score (nSPS) is 20.6. The molecule has 4 nitrogen and oxygen atoms in total. The fourth-order valence-electron chi connectivity index (χ4n) is 1.77. The molecule has 29 heavy (non-hydrogen) atoms. The molecule has 1 aliphatic rings. The second-order valence-corrected chi connectivity index (χ2v) is 6.38. The minimum atomic E-state index is -4.61. The third kappa shape index (κ3) is 23.7. The first kappa shape index (κ1) is 33.2. The van der Waals surface area contributed by atoms with Crippen LogP contribution < -0.4 is 0 Å². The number of aliphatic hydroxyl groups excluding tert-OH is 4. The van der Waals surface area contributed by atoms with Crippen LogP contribution in [0.3, 0.4) is 0 Å². The summed E-state index contributed by atoms with van der Waals surface area (Å²) >= 11 is 0. The molecule has 0 amide bonds. The first-order valence-electron chi connectivity index (χ1n) is 8.83. The van der Waals surface area contributed by atoms with Crippen molar-refractivity contribution in [2.75, 3.05) is 0 Å². The van der Waals surface area contributed by atoms with E-state index in [4.69, 9.17) is 20.4 Å². The van der Waals surface area contributed by atoms with Crippen molar-refractivity contribution in [1.29, 1.82) is 0 Å². The van der Waals surface area contributed by atoms with Gasteiger partial charge in [-0.3, -0.25) is 0 Å². The molecule has 11 heteroatoms. The van der Waals surface area contributed by atoms with E-state index in [1.54, 1.807) is 0 Å². The molecule has 0 bridgehead atoms. The van der Waals surface area contributed by atoms with Crippen LogP contribution >= 0.6 is 0 Å². The van der Waals surface area contributed by atoms with Crippen molar-refractivity contribution in [1.82, 2.24) is 0 Å². The Bertz CT molecular complexity index is 385. The average Bonchev–Trinajstić information content (AvgIpc) is 2.44. The summed E-state index contributed by atoms with van der Waals surface area (Å²) in [6, 6.07) is 0. The van der Waals surface area contributed by atoms with Crippen LogP contribution in [-0.2, 0) is 19.5 Å². The third-order valence-electron chi connectivity index (χ3n) is 3.22. The summed E-state index contributed by atoms with van der Waals surface area (Å²) in [4.78, 5) is 0. The van der Waals surface area contributed by atoms with Gasteiger partial charge in [-0.2, -0.15) is 26.3 Å². The number of hydrogen-bond donors (Lipinski definition) is 4. The topological polar surface area (TPSA) is 80.9 Å². The average molecular weight is 525 g/mol. The van der Waals surface area contributed by atoms with E-state index in [2.05, 4.69) is 24.3 Å². The Hall–Kier alpha value is -0.477. The fraction of sp³-hybridized carbons (Fsp3) is 0.778. The Morgan fingerprint density at radius 2 is 0.828 bits per heavy atom. The van der Waals surface area contributed by atoms with Crippen LogP contribution in [0.15, 0.2) is 24.3 Å². The molecule has 0 heterocycles. The van der Waals surface area contributed by atoms with Crippen LogP contribution in [0, 0.1) is 0 Å². The molecule has 0 aromatic rings. The number of allylic oxidation sites excluding steroid dienone is 4. The number of hydrogen-bond acceptors (Lipinski definition) is 4. The minimum absolute atomic E-state index is 0. The Morgan fingerprint density at radius 3 is 0.931 bits per heavy atom. The summed E-state index contributed by atoms with van der Waals surface area (Å²) in [5.74, 6) is 0. The monoisotopic (exact) mass is 526 g/mol. The van der Waals surface area contributed by atoms with E-state index in [1.165, 1.54) is 39.5 Å². The summed E-state index contributed by atoms with van der Waals surface area (Å²) in [7, 11) is 0. The zero-order valence-electron chi connectivity index (χ0n) is 16.3. The van der Waals surface area contributed by atoms with Crippen LogP contribution in [0.5, 0.6) is 0 Å². The second kappa shape index (κ2) is 17.2. The van der Waals surface area contributed by atoms with E-state index in [9.17, 15) is 26.3 Å². The van der Waals surface area contributed by atoms with Gasteiger partial charge in [-0.25, -0.2) is 0 Å². The van der Waals surface area contributed by atoms with Crippen LogP contribution in [0.2, 0.25) is 0 Å². The number of halogens is 6. The summed E-state index contributed by atoms with van der Waals surface area (Å²) in [5, 5.41) is 33.4. The Balaban J connectivity index is -0.000000345. The molecule has 1 rings (SSSR count). The molecule has 176 valence electrons.